The Morgan fingerprint density at radius 1 is 1.00 bits per heavy atom. The molecule has 0 aliphatic heterocycles. The van der Waals surface area contributed by atoms with Crippen molar-refractivity contribution < 1.29 is 20.1 Å². The molecule has 4 heteroatoms. The van der Waals surface area contributed by atoms with Crippen LogP contribution in [-0.4, -0.2) is 33.5 Å². The largest absolute Gasteiger partial charge is 0.481 e. The maximum absolute atomic E-state index is 11.3. The van der Waals surface area contributed by atoms with Gasteiger partial charge in [0.25, 0.3) is 0 Å². The van der Waals surface area contributed by atoms with E-state index in [0.29, 0.717) is 29.6 Å². The van der Waals surface area contributed by atoms with Crippen LogP contribution in [0.2, 0.25) is 0 Å². The first kappa shape index (κ1) is 22.6. The van der Waals surface area contributed by atoms with Crippen LogP contribution in [0.15, 0.2) is 0 Å². The average Bonchev–Trinajstić information content (AvgIpc) is 3.03. The molecule has 4 saturated carbocycles. The summed E-state index contributed by atoms with van der Waals surface area (Å²) in [5.74, 6) is 2.27. The van der Waals surface area contributed by atoms with Crippen molar-refractivity contribution in [2.24, 2.45) is 40.4 Å². The van der Waals surface area contributed by atoms with E-state index in [0.717, 1.165) is 44.9 Å². The number of carboxylic acid groups (broad SMARTS) is 1. The number of carbonyl (C=O) groups is 1. The maximum atomic E-state index is 11.3. The molecular formula is C25H40O4. The highest BCUT2D eigenvalue weighted by Crippen LogP contribution is 2.67. The lowest BCUT2D eigenvalue weighted by Crippen LogP contribution is -2.58. The monoisotopic (exact) mass is 404 g/mol. The third-order valence-corrected chi connectivity index (χ3v) is 9.88. The molecule has 0 heterocycles. The van der Waals surface area contributed by atoms with E-state index < -0.39 is 5.97 Å². The molecule has 9 atom stereocenters. The Morgan fingerprint density at radius 2 is 1.72 bits per heavy atom. The topological polar surface area (TPSA) is 77.8 Å². The van der Waals surface area contributed by atoms with Gasteiger partial charge in [-0.05, 0) is 105 Å². The molecule has 29 heavy (non-hydrogen) atoms. The minimum atomic E-state index is -0.704. The fraction of sp³-hybridized carbons (Fsp3) is 0.880. The lowest BCUT2D eigenvalue weighted by molar-refractivity contribution is -0.171. The number of aliphatic hydroxyl groups is 2. The van der Waals surface area contributed by atoms with Crippen molar-refractivity contribution in [2.45, 2.75) is 96.7 Å². The van der Waals surface area contributed by atoms with E-state index in [1.807, 2.05) is 0 Å². The molecule has 0 saturated heterocycles. The number of rotatable bonds is 4. The standard InChI is InChI=1S/C23H38O4.C2H2/c1-22-11-10-16(24)12-15(22)6-8-17-18-9-7-14(4-3-5-21(26)27)23(18,2)20(25)13-19(17)22;1-2/h14-20,24-25H,3-13H2,1-2H3,(H,26,27);1-2H/t14?,15?,16-,17?,18+,19+,20+,22?,23-;/m1./s1. The highest BCUT2D eigenvalue weighted by atomic mass is 16.4. The second-order valence-electron chi connectivity index (χ2n) is 10.8. The number of hydrogen-bond donors (Lipinski definition) is 3. The van der Waals surface area contributed by atoms with E-state index in [4.69, 9.17) is 5.11 Å². The van der Waals surface area contributed by atoms with Crippen molar-refractivity contribution in [3.05, 3.63) is 0 Å². The minimum Gasteiger partial charge on any atom is -0.481 e. The molecule has 0 aromatic carbocycles. The van der Waals surface area contributed by atoms with E-state index in [2.05, 4.69) is 26.7 Å². The van der Waals surface area contributed by atoms with Gasteiger partial charge in [-0.25, -0.2) is 0 Å². The minimum absolute atomic E-state index is 0.0307. The highest BCUT2D eigenvalue weighted by molar-refractivity contribution is 5.66. The van der Waals surface area contributed by atoms with Crippen molar-refractivity contribution in [3.63, 3.8) is 0 Å². The van der Waals surface area contributed by atoms with Crippen molar-refractivity contribution in [2.75, 3.05) is 0 Å². The molecule has 0 spiro atoms. The number of fused-ring (bicyclic) bond motifs is 5. The van der Waals surface area contributed by atoms with Crippen LogP contribution >= 0.6 is 0 Å². The number of aliphatic hydroxyl groups excluding tert-OH is 2. The van der Waals surface area contributed by atoms with Gasteiger partial charge >= 0.3 is 5.97 Å². The number of hydrogen-bond acceptors (Lipinski definition) is 3. The van der Waals surface area contributed by atoms with E-state index in [1.54, 1.807) is 0 Å². The lowest BCUT2D eigenvalue weighted by atomic mass is 9.44. The van der Waals surface area contributed by atoms with Crippen molar-refractivity contribution >= 4 is 5.97 Å². The Hall–Kier alpha value is -1.05. The fourth-order valence-electron chi connectivity index (χ4n) is 8.29. The SMILES string of the molecule is C#C.CC12CC[C@@H](O)CC1CCC1[C@@H]2C[C@H](O)[C@]2(C)C(CCCC(=O)O)CC[C@@H]12. The first-order valence-electron chi connectivity index (χ1n) is 11.7. The summed E-state index contributed by atoms with van der Waals surface area (Å²) in [6.45, 7) is 4.77. The zero-order valence-electron chi connectivity index (χ0n) is 18.2. The van der Waals surface area contributed by atoms with Gasteiger partial charge in [0.2, 0.25) is 0 Å². The molecule has 4 fully saturated rings. The molecule has 4 unspecified atom stereocenters. The van der Waals surface area contributed by atoms with Gasteiger partial charge in [0.05, 0.1) is 12.2 Å². The second kappa shape index (κ2) is 8.60. The maximum Gasteiger partial charge on any atom is 0.303 e. The van der Waals surface area contributed by atoms with Gasteiger partial charge in [0, 0.05) is 6.42 Å². The molecule has 4 rings (SSSR count). The van der Waals surface area contributed by atoms with Crippen LogP contribution in [0.5, 0.6) is 0 Å². The van der Waals surface area contributed by atoms with Crippen LogP contribution < -0.4 is 0 Å². The Balaban J connectivity index is 0.00000117. The zero-order chi connectivity index (χ0) is 21.4. The summed E-state index contributed by atoms with van der Waals surface area (Å²) in [6.07, 6.45) is 18.3. The van der Waals surface area contributed by atoms with Crippen LogP contribution in [0.4, 0.5) is 0 Å². The van der Waals surface area contributed by atoms with Crippen LogP contribution in [0, 0.1) is 53.3 Å². The molecule has 0 aromatic heterocycles. The Kier molecular flexibility index (Phi) is 6.71. The van der Waals surface area contributed by atoms with Crippen LogP contribution in [0.25, 0.3) is 0 Å². The van der Waals surface area contributed by atoms with Gasteiger partial charge in [-0.1, -0.05) is 13.8 Å². The van der Waals surface area contributed by atoms with E-state index in [1.165, 1.54) is 19.3 Å². The highest BCUT2D eigenvalue weighted by Gasteiger charge is 2.62. The molecule has 4 aliphatic carbocycles. The van der Waals surface area contributed by atoms with E-state index >= 15 is 0 Å². The van der Waals surface area contributed by atoms with Crippen molar-refractivity contribution in [3.8, 4) is 12.8 Å². The molecule has 3 N–H and O–H groups in total. The summed E-state index contributed by atoms with van der Waals surface area (Å²) >= 11 is 0. The normalized spacial score (nSPS) is 48.4. The molecule has 0 bridgehead atoms. The first-order chi connectivity index (χ1) is 13.8. The predicted molar refractivity (Wildman–Crippen MR) is 114 cm³/mol. The van der Waals surface area contributed by atoms with Crippen LogP contribution in [0.3, 0.4) is 0 Å². The molecule has 0 radical (unpaired) electrons. The zero-order valence-corrected chi connectivity index (χ0v) is 18.2. The smallest absolute Gasteiger partial charge is 0.303 e. The number of carboxylic acids is 1. The van der Waals surface area contributed by atoms with Gasteiger partial charge in [0.1, 0.15) is 0 Å². The Morgan fingerprint density at radius 3 is 2.41 bits per heavy atom. The molecular weight excluding hydrogens is 364 g/mol. The van der Waals surface area contributed by atoms with Gasteiger partial charge in [0.15, 0.2) is 0 Å². The van der Waals surface area contributed by atoms with E-state index in [-0.39, 0.29) is 29.5 Å². The number of aliphatic carboxylic acids is 1. The van der Waals surface area contributed by atoms with Crippen LogP contribution in [-0.2, 0) is 4.79 Å². The molecule has 164 valence electrons. The van der Waals surface area contributed by atoms with E-state index in [9.17, 15) is 15.0 Å². The second-order valence-corrected chi connectivity index (χ2v) is 10.8. The predicted octanol–water partition coefficient (Wildman–Crippen LogP) is 4.48. The summed E-state index contributed by atoms with van der Waals surface area (Å²) in [5, 5.41) is 30.5. The van der Waals surface area contributed by atoms with Gasteiger partial charge in [-0.15, -0.1) is 12.8 Å². The third kappa shape index (κ3) is 3.74. The van der Waals surface area contributed by atoms with Gasteiger partial charge < -0.3 is 15.3 Å². The fourth-order valence-corrected chi connectivity index (χ4v) is 8.29. The molecule has 4 nitrogen and oxygen atoms in total. The first-order valence-corrected chi connectivity index (χ1v) is 11.7. The summed E-state index contributed by atoms with van der Waals surface area (Å²) in [7, 11) is 0. The number of terminal acetylenes is 1. The third-order valence-electron chi connectivity index (χ3n) is 9.88. The summed E-state index contributed by atoms with van der Waals surface area (Å²) in [4.78, 5) is 10.9. The lowest BCUT2D eigenvalue weighted by Gasteiger charge is -2.62. The van der Waals surface area contributed by atoms with Crippen molar-refractivity contribution in [1.82, 2.24) is 0 Å². The summed E-state index contributed by atoms with van der Waals surface area (Å²) in [6, 6.07) is 0. The summed E-state index contributed by atoms with van der Waals surface area (Å²) in [5.41, 5.74) is 0.253. The van der Waals surface area contributed by atoms with Gasteiger partial charge in [-0.2, -0.15) is 0 Å². The Labute approximate surface area is 176 Å². The Bertz CT molecular complexity index is 615. The summed E-state index contributed by atoms with van der Waals surface area (Å²) < 4.78 is 0. The van der Waals surface area contributed by atoms with Crippen LogP contribution in [0.1, 0.15) is 84.5 Å². The molecule has 4 aliphatic rings. The molecule has 0 amide bonds. The van der Waals surface area contributed by atoms with Crippen molar-refractivity contribution in [1.29, 1.82) is 0 Å². The average molecular weight is 405 g/mol. The van der Waals surface area contributed by atoms with Gasteiger partial charge in [-0.3, -0.25) is 4.79 Å². The molecule has 0 aromatic rings. The quantitative estimate of drug-likeness (QED) is 0.604.